The Kier molecular flexibility index (Phi) is 7.75. The van der Waals surface area contributed by atoms with E-state index < -0.39 is 0 Å². The van der Waals surface area contributed by atoms with Crippen LogP contribution < -0.4 is 10.2 Å². The number of nitrogens with one attached hydrogen (secondary N) is 1. The predicted octanol–water partition coefficient (Wildman–Crippen LogP) is 3.85. The number of aromatic nitrogens is 5. The number of hydrogen-bond donors (Lipinski definition) is 1. The molecule has 2 aliphatic rings. The summed E-state index contributed by atoms with van der Waals surface area (Å²) in [5, 5.41) is 8.25. The summed E-state index contributed by atoms with van der Waals surface area (Å²) in [5.74, 6) is 1.94. The molecule has 3 aromatic rings. The topological polar surface area (TPSA) is 63.8 Å². The highest BCUT2D eigenvalue weighted by atomic mass is 35.5. The normalized spacial score (nSPS) is 16.6. The quantitative estimate of drug-likeness (QED) is 0.657. The standard InChI is InChI=1S/C21H27N7.2ClH/c1-2-4-11-26(10-3-1)20-7-6-17(16-24-20)27-13-9-23-21(27)19-14-18-15-22-8-5-12-28(18)25-19;;/h6-7,9,13-14,16,22H,1-5,8,10-12,15H2;2*1H. The summed E-state index contributed by atoms with van der Waals surface area (Å²) in [7, 11) is 0. The van der Waals surface area contributed by atoms with Crippen molar-refractivity contribution in [2.75, 3.05) is 24.5 Å². The third kappa shape index (κ3) is 4.63. The largest absolute Gasteiger partial charge is 0.357 e. The second-order valence-corrected chi connectivity index (χ2v) is 7.67. The molecule has 5 heterocycles. The average Bonchev–Trinajstić information content (AvgIpc) is 3.19. The van der Waals surface area contributed by atoms with E-state index in [4.69, 9.17) is 10.1 Å². The first-order chi connectivity index (χ1) is 13.9. The molecule has 0 amide bonds. The van der Waals surface area contributed by atoms with Gasteiger partial charge >= 0.3 is 0 Å². The lowest BCUT2D eigenvalue weighted by Crippen LogP contribution is -2.24. The number of anilines is 1. The average molecular weight is 450 g/mol. The lowest BCUT2D eigenvalue weighted by atomic mass is 10.2. The van der Waals surface area contributed by atoms with Crippen molar-refractivity contribution in [2.45, 2.75) is 45.2 Å². The zero-order chi connectivity index (χ0) is 18.8. The third-order valence-corrected chi connectivity index (χ3v) is 5.70. The molecule has 0 saturated carbocycles. The van der Waals surface area contributed by atoms with E-state index in [0.717, 1.165) is 62.2 Å². The molecule has 0 spiro atoms. The molecule has 0 aliphatic carbocycles. The van der Waals surface area contributed by atoms with E-state index in [-0.39, 0.29) is 24.8 Å². The first kappa shape index (κ1) is 22.6. The number of hydrogen-bond acceptors (Lipinski definition) is 5. The lowest BCUT2D eigenvalue weighted by Gasteiger charge is -2.21. The van der Waals surface area contributed by atoms with Crippen molar-refractivity contribution in [1.82, 2.24) is 29.6 Å². The summed E-state index contributed by atoms with van der Waals surface area (Å²) in [6.45, 7) is 5.07. The van der Waals surface area contributed by atoms with Gasteiger partial charge in [0.05, 0.1) is 17.6 Å². The van der Waals surface area contributed by atoms with Crippen molar-refractivity contribution in [3.8, 4) is 17.2 Å². The number of rotatable bonds is 3. The Morgan fingerprint density at radius 2 is 1.73 bits per heavy atom. The highest BCUT2D eigenvalue weighted by Crippen LogP contribution is 2.24. The van der Waals surface area contributed by atoms with Crippen LogP contribution in [0.1, 0.15) is 37.8 Å². The molecule has 0 unspecified atom stereocenters. The fourth-order valence-electron chi connectivity index (χ4n) is 4.18. The van der Waals surface area contributed by atoms with E-state index >= 15 is 0 Å². The van der Waals surface area contributed by atoms with Gasteiger partial charge in [0, 0.05) is 38.6 Å². The zero-order valence-corrected chi connectivity index (χ0v) is 18.7. The van der Waals surface area contributed by atoms with Crippen LogP contribution in [-0.2, 0) is 13.1 Å². The van der Waals surface area contributed by atoms with Crippen LogP contribution in [0.25, 0.3) is 17.2 Å². The molecule has 162 valence electrons. The maximum Gasteiger partial charge on any atom is 0.165 e. The van der Waals surface area contributed by atoms with E-state index in [1.54, 1.807) is 0 Å². The first-order valence-electron chi connectivity index (χ1n) is 10.4. The summed E-state index contributed by atoms with van der Waals surface area (Å²) in [5.41, 5.74) is 3.16. The van der Waals surface area contributed by atoms with Gasteiger partial charge in [0.1, 0.15) is 11.5 Å². The van der Waals surface area contributed by atoms with E-state index in [1.165, 1.54) is 31.4 Å². The van der Waals surface area contributed by atoms with Crippen LogP contribution in [-0.4, -0.2) is 43.9 Å². The maximum atomic E-state index is 4.81. The van der Waals surface area contributed by atoms with Gasteiger partial charge in [-0.15, -0.1) is 24.8 Å². The van der Waals surface area contributed by atoms with Gasteiger partial charge < -0.3 is 10.2 Å². The number of pyridine rings is 1. The van der Waals surface area contributed by atoms with Crippen LogP contribution in [0.3, 0.4) is 0 Å². The van der Waals surface area contributed by atoms with E-state index in [2.05, 4.69) is 42.6 Å². The minimum Gasteiger partial charge on any atom is -0.357 e. The van der Waals surface area contributed by atoms with Crippen LogP contribution in [0.5, 0.6) is 0 Å². The smallest absolute Gasteiger partial charge is 0.165 e. The molecule has 0 radical (unpaired) electrons. The molecule has 9 heteroatoms. The van der Waals surface area contributed by atoms with E-state index in [0.29, 0.717) is 0 Å². The lowest BCUT2D eigenvalue weighted by molar-refractivity contribution is 0.588. The Labute approximate surface area is 189 Å². The van der Waals surface area contributed by atoms with Gasteiger partial charge in [0.2, 0.25) is 0 Å². The van der Waals surface area contributed by atoms with Gasteiger partial charge in [-0.1, -0.05) is 12.8 Å². The van der Waals surface area contributed by atoms with Crippen molar-refractivity contribution in [1.29, 1.82) is 0 Å². The van der Waals surface area contributed by atoms with Gasteiger partial charge in [-0.25, -0.2) is 9.97 Å². The van der Waals surface area contributed by atoms with Gasteiger partial charge in [-0.05, 0) is 44.0 Å². The van der Waals surface area contributed by atoms with Crippen molar-refractivity contribution in [2.24, 2.45) is 0 Å². The van der Waals surface area contributed by atoms with Crippen LogP contribution in [0.4, 0.5) is 5.82 Å². The molecular formula is C21H29Cl2N7. The Balaban J connectivity index is 0.00000128. The second-order valence-electron chi connectivity index (χ2n) is 7.67. The van der Waals surface area contributed by atoms with E-state index in [9.17, 15) is 0 Å². The molecule has 7 nitrogen and oxygen atoms in total. The number of aryl methyl sites for hydroxylation is 1. The molecule has 30 heavy (non-hydrogen) atoms. The second kappa shape index (κ2) is 10.3. The van der Waals surface area contributed by atoms with Crippen molar-refractivity contribution < 1.29 is 0 Å². The Hall–Kier alpha value is -2.09. The molecular weight excluding hydrogens is 421 g/mol. The van der Waals surface area contributed by atoms with E-state index in [1.807, 2.05) is 18.6 Å². The zero-order valence-electron chi connectivity index (χ0n) is 17.0. The molecule has 1 saturated heterocycles. The number of fused-ring (bicyclic) bond motifs is 1. The Morgan fingerprint density at radius 1 is 0.900 bits per heavy atom. The van der Waals surface area contributed by atoms with Crippen LogP contribution >= 0.6 is 24.8 Å². The Morgan fingerprint density at radius 3 is 2.50 bits per heavy atom. The molecule has 0 atom stereocenters. The highest BCUT2D eigenvalue weighted by Gasteiger charge is 2.17. The number of nitrogens with zero attached hydrogens (tertiary/aromatic N) is 6. The molecule has 1 fully saturated rings. The fourth-order valence-corrected chi connectivity index (χ4v) is 4.18. The van der Waals surface area contributed by atoms with Crippen molar-refractivity contribution in [3.63, 3.8) is 0 Å². The molecule has 2 aliphatic heterocycles. The SMILES string of the molecule is Cl.Cl.c1cn(-c2ccc(N3CCCCCC3)nc2)c(-c2cc3n(n2)CCCNC3)n1. The molecule has 0 aromatic carbocycles. The number of imidazole rings is 1. The summed E-state index contributed by atoms with van der Waals surface area (Å²) < 4.78 is 4.18. The number of halogens is 2. The highest BCUT2D eigenvalue weighted by molar-refractivity contribution is 5.85. The Bertz CT molecular complexity index is 904. The van der Waals surface area contributed by atoms with Gasteiger partial charge in [0.15, 0.2) is 5.82 Å². The summed E-state index contributed by atoms with van der Waals surface area (Å²) in [6, 6.07) is 6.42. The predicted molar refractivity (Wildman–Crippen MR) is 124 cm³/mol. The van der Waals surface area contributed by atoms with Gasteiger partial charge in [-0.2, -0.15) is 5.10 Å². The van der Waals surface area contributed by atoms with Crippen LogP contribution in [0.2, 0.25) is 0 Å². The van der Waals surface area contributed by atoms with Gasteiger partial charge in [0.25, 0.3) is 0 Å². The van der Waals surface area contributed by atoms with Gasteiger partial charge in [-0.3, -0.25) is 9.25 Å². The molecule has 0 bridgehead atoms. The van der Waals surface area contributed by atoms with Crippen LogP contribution in [0, 0.1) is 0 Å². The monoisotopic (exact) mass is 449 g/mol. The van der Waals surface area contributed by atoms with Crippen LogP contribution in [0.15, 0.2) is 36.8 Å². The summed E-state index contributed by atoms with van der Waals surface area (Å²) in [6.07, 6.45) is 12.1. The third-order valence-electron chi connectivity index (χ3n) is 5.70. The van der Waals surface area contributed by atoms with Crippen molar-refractivity contribution in [3.05, 3.63) is 42.5 Å². The summed E-state index contributed by atoms with van der Waals surface area (Å²) in [4.78, 5) is 11.7. The molecule has 3 aromatic heterocycles. The minimum absolute atomic E-state index is 0. The minimum atomic E-state index is 0. The van der Waals surface area contributed by atoms with Crippen molar-refractivity contribution >= 4 is 30.6 Å². The fraction of sp³-hybridized carbons (Fsp3) is 0.476. The maximum absolute atomic E-state index is 4.81. The first-order valence-corrected chi connectivity index (χ1v) is 10.4. The molecule has 5 rings (SSSR count). The molecule has 1 N–H and O–H groups in total. The summed E-state index contributed by atoms with van der Waals surface area (Å²) >= 11 is 0.